The number of rotatable bonds is 2. The van der Waals surface area contributed by atoms with Crippen LogP contribution in [-0.4, -0.2) is 10.9 Å². The minimum Gasteiger partial charge on any atom is -0.319 e. The third-order valence-electron chi connectivity index (χ3n) is 2.71. The first kappa shape index (κ1) is 15.1. The summed E-state index contributed by atoms with van der Waals surface area (Å²) in [5.41, 5.74) is 2.28. The fourth-order valence-electron chi connectivity index (χ4n) is 1.72. The molecule has 20 heavy (non-hydrogen) atoms. The predicted octanol–water partition coefficient (Wildman–Crippen LogP) is 4.91. The lowest BCUT2D eigenvalue weighted by Gasteiger charge is -2.11. The molecule has 6 heteroatoms. The average molecular weight is 330 g/mol. The predicted molar refractivity (Wildman–Crippen MR) is 83.1 cm³/mol. The molecule has 104 valence electrons. The minimum absolute atomic E-state index is 0.261. The van der Waals surface area contributed by atoms with Crippen LogP contribution in [0.15, 0.2) is 24.3 Å². The van der Waals surface area contributed by atoms with Gasteiger partial charge in [0, 0.05) is 11.3 Å². The van der Waals surface area contributed by atoms with E-state index in [1.807, 2.05) is 6.92 Å². The Balaban J connectivity index is 2.35. The maximum atomic E-state index is 12.2. The fourth-order valence-corrected chi connectivity index (χ4v) is 2.43. The van der Waals surface area contributed by atoms with E-state index >= 15 is 0 Å². The van der Waals surface area contributed by atoms with Crippen LogP contribution in [0.2, 0.25) is 15.2 Å². The van der Waals surface area contributed by atoms with Crippen LogP contribution in [0.4, 0.5) is 5.69 Å². The van der Waals surface area contributed by atoms with Crippen molar-refractivity contribution in [3.05, 3.63) is 56.3 Å². The number of amides is 1. The summed E-state index contributed by atoms with van der Waals surface area (Å²) in [4.78, 5) is 16.2. The molecule has 2 aromatic rings. The molecule has 1 aromatic carbocycles. The molecular formula is C14H11Cl3N2O. The normalized spacial score (nSPS) is 10.4. The van der Waals surface area contributed by atoms with Crippen molar-refractivity contribution in [3.63, 3.8) is 0 Å². The molecule has 0 aliphatic rings. The first-order valence-corrected chi connectivity index (χ1v) is 6.92. The Hall–Kier alpha value is -1.29. The number of aryl methyl sites for hydroxylation is 2. The Morgan fingerprint density at radius 3 is 2.50 bits per heavy atom. The number of hydrogen-bond acceptors (Lipinski definition) is 2. The van der Waals surface area contributed by atoms with Crippen LogP contribution < -0.4 is 5.32 Å². The number of hydrogen-bond donors (Lipinski definition) is 1. The highest BCUT2D eigenvalue weighted by Gasteiger charge is 2.14. The van der Waals surface area contributed by atoms with Gasteiger partial charge in [0.15, 0.2) is 0 Å². The van der Waals surface area contributed by atoms with Crippen molar-refractivity contribution < 1.29 is 4.79 Å². The SMILES string of the molecule is Cc1cc(C(=O)Nc2c(Cl)ccc(C)c2Cl)cc(Cl)n1. The largest absolute Gasteiger partial charge is 0.319 e. The number of nitrogens with zero attached hydrogens (tertiary/aromatic N) is 1. The topological polar surface area (TPSA) is 42.0 Å². The summed E-state index contributed by atoms with van der Waals surface area (Å²) < 4.78 is 0. The average Bonchev–Trinajstić information content (AvgIpc) is 2.38. The highest BCUT2D eigenvalue weighted by molar-refractivity contribution is 6.40. The Bertz CT molecular complexity index is 666. The first-order valence-electron chi connectivity index (χ1n) is 5.78. The van der Waals surface area contributed by atoms with Gasteiger partial charge in [0.2, 0.25) is 0 Å². The van der Waals surface area contributed by atoms with Gasteiger partial charge in [-0.1, -0.05) is 40.9 Å². The molecule has 0 unspecified atom stereocenters. The number of pyridine rings is 1. The quantitative estimate of drug-likeness (QED) is 0.795. The summed E-state index contributed by atoms with van der Waals surface area (Å²) in [5.74, 6) is -0.341. The molecule has 0 spiro atoms. The van der Waals surface area contributed by atoms with Crippen molar-refractivity contribution in [3.8, 4) is 0 Å². The zero-order valence-electron chi connectivity index (χ0n) is 10.8. The lowest BCUT2D eigenvalue weighted by atomic mass is 10.2. The number of carbonyl (C=O) groups is 1. The van der Waals surface area contributed by atoms with Gasteiger partial charge >= 0.3 is 0 Å². The van der Waals surface area contributed by atoms with Crippen LogP contribution in [0.3, 0.4) is 0 Å². The number of nitrogens with one attached hydrogen (secondary N) is 1. The van der Waals surface area contributed by atoms with E-state index in [1.165, 1.54) is 6.07 Å². The number of aromatic nitrogens is 1. The number of benzene rings is 1. The highest BCUT2D eigenvalue weighted by atomic mass is 35.5. The Labute approximate surface area is 131 Å². The molecule has 0 bridgehead atoms. The van der Waals surface area contributed by atoms with Gasteiger partial charge in [-0.2, -0.15) is 0 Å². The molecule has 0 aliphatic heterocycles. The maximum Gasteiger partial charge on any atom is 0.255 e. The zero-order chi connectivity index (χ0) is 14.9. The van der Waals surface area contributed by atoms with Crippen molar-refractivity contribution in [2.75, 3.05) is 5.32 Å². The van der Waals surface area contributed by atoms with Gasteiger partial charge in [-0.25, -0.2) is 4.98 Å². The molecule has 1 heterocycles. The third-order valence-corrected chi connectivity index (χ3v) is 3.70. The molecule has 3 nitrogen and oxygen atoms in total. The molecular weight excluding hydrogens is 319 g/mol. The van der Waals surface area contributed by atoms with Crippen LogP contribution in [0.5, 0.6) is 0 Å². The molecule has 1 N–H and O–H groups in total. The van der Waals surface area contributed by atoms with Gasteiger partial charge in [0.25, 0.3) is 5.91 Å². The first-order chi connectivity index (χ1) is 9.38. The molecule has 1 aromatic heterocycles. The Morgan fingerprint density at radius 2 is 1.85 bits per heavy atom. The summed E-state index contributed by atoms with van der Waals surface area (Å²) in [5, 5.41) is 3.76. The van der Waals surface area contributed by atoms with Crippen molar-refractivity contribution in [1.82, 2.24) is 4.98 Å². The number of anilines is 1. The lowest BCUT2D eigenvalue weighted by Crippen LogP contribution is -2.13. The molecule has 0 radical (unpaired) electrons. The van der Waals surface area contributed by atoms with E-state index in [4.69, 9.17) is 34.8 Å². The molecule has 0 aliphatic carbocycles. The summed E-state index contributed by atoms with van der Waals surface area (Å²) in [6.45, 7) is 3.59. The molecule has 0 saturated carbocycles. The smallest absolute Gasteiger partial charge is 0.255 e. The zero-order valence-corrected chi connectivity index (χ0v) is 13.1. The maximum absolute atomic E-state index is 12.2. The van der Waals surface area contributed by atoms with Crippen LogP contribution >= 0.6 is 34.8 Å². The van der Waals surface area contributed by atoms with Crippen LogP contribution in [0.25, 0.3) is 0 Å². The third kappa shape index (κ3) is 3.23. The highest BCUT2D eigenvalue weighted by Crippen LogP contribution is 2.33. The van der Waals surface area contributed by atoms with E-state index in [0.29, 0.717) is 27.0 Å². The molecule has 0 saturated heterocycles. The van der Waals surface area contributed by atoms with Crippen LogP contribution in [0, 0.1) is 13.8 Å². The van der Waals surface area contributed by atoms with E-state index in [-0.39, 0.29) is 11.1 Å². The Kier molecular flexibility index (Phi) is 4.53. The lowest BCUT2D eigenvalue weighted by molar-refractivity contribution is 0.102. The van der Waals surface area contributed by atoms with Crippen molar-refractivity contribution >= 4 is 46.4 Å². The van der Waals surface area contributed by atoms with Gasteiger partial charge in [0.05, 0.1) is 15.7 Å². The second-order valence-electron chi connectivity index (χ2n) is 4.33. The monoisotopic (exact) mass is 328 g/mol. The van der Waals surface area contributed by atoms with Crippen molar-refractivity contribution in [1.29, 1.82) is 0 Å². The summed E-state index contributed by atoms with van der Waals surface area (Å²) >= 11 is 18.1. The van der Waals surface area contributed by atoms with Gasteiger partial charge in [0.1, 0.15) is 5.15 Å². The van der Waals surface area contributed by atoms with E-state index < -0.39 is 0 Å². The van der Waals surface area contributed by atoms with Gasteiger partial charge in [-0.3, -0.25) is 4.79 Å². The van der Waals surface area contributed by atoms with Gasteiger partial charge < -0.3 is 5.32 Å². The van der Waals surface area contributed by atoms with E-state index in [1.54, 1.807) is 25.1 Å². The Morgan fingerprint density at radius 1 is 1.15 bits per heavy atom. The summed E-state index contributed by atoms with van der Waals surface area (Å²) in [6.07, 6.45) is 0. The second-order valence-corrected chi connectivity index (χ2v) is 5.50. The van der Waals surface area contributed by atoms with Crippen molar-refractivity contribution in [2.24, 2.45) is 0 Å². The number of halogens is 3. The fraction of sp³-hybridized carbons (Fsp3) is 0.143. The minimum atomic E-state index is -0.341. The van der Waals surface area contributed by atoms with Crippen molar-refractivity contribution in [2.45, 2.75) is 13.8 Å². The standard InChI is InChI=1S/C14H11Cl3N2O/c1-7-3-4-10(15)13(12(7)17)19-14(20)9-5-8(2)18-11(16)6-9/h3-6H,1-2H3,(H,19,20). The van der Waals surface area contributed by atoms with E-state index in [0.717, 1.165) is 5.56 Å². The van der Waals surface area contributed by atoms with E-state index in [9.17, 15) is 4.79 Å². The molecule has 0 atom stereocenters. The molecule has 2 rings (SSSR count). The van der Waals surface area contributed by atoms with E-state index in [2.05, 4.69) is 10.3 Å². The molecule has 1 amide bonds. The van der Waals surface area contributed by atoms with Gasteiger partial charge in [-0.05, 0) is 37.6 Å². The summed E-state index contributed by atoms with van der Waals surface area (Å²) in [6, 6.07) is 6.59. The second kappa shape index (κ2) is 6.00. The van der Waals surface area contributed by atoms with Crippen LogP contribution in [-0.2, 0) is 0 Å². The van der Waals surface area contributed by atoms with Crippen LogP contribution in [0.1, 0.15) is 21.6 Å². The number of carbonyl (C=O) groups excluding carboxylic acids is 1. The summed E-state index contributed by atoms with van der Waals surface area (Å²) in [7, 11) is 0. The van der Waals surface area contributed by atoms with Gasteiger partial charge in [-0.15, -0.1) is 0 Å². The molecule has 0 fully saturated rings.